The molecule has 0 amide bonds. The standard InChI is InChI=1S/C8H6F3NO4S/c1-5-2-3-7(6(4-13)12-5)16-17(14,15)8(9,10)11/h2-4H,1H3. The third-order valence-corrected chi connectivity index (χ3v) is 2.59. The minimum absolute atomic E-state index is 0.105. The number of rotatable bonds is 3. The normalized spacial score (nSPS) is 12.2. The number of aryl methyl sites for hydroxylation is 1. The zero-order valence-electron chi connectivity index (χ0n) is 8.35. The highest BCUT2D eigenvalue weighted by atomic mass is 32.2. The van der Waals surface area contributed by atoms with Gasteiger partial charge in [0.2, 0.25) is 0 Å². The van der Waals surface area contributed by atoms with Crippen LogP contribution in [-0.4, -0.2) is 25.2 Å². The molecule has 94 valence electrons. The fraction of sp³-hybridized carbons (Fsp3) is 0.250. The molecular formula is C8H6F3NO4S. The Balaban J connectivity index is 3.17. The van der Waals surface area contributed by atoms with Crippen molar-refractivity contribution < 1.29 is 30.6 Å². The molecule has 0 bridgehead atoms. The van der Waals surface area contributed by atoms with Crippen LogP contribution in [0.2, 0.25) is 0 Å². The van der Waals surface area contributed by atoms with Gasteiger partial charge in [0.15, 0.2) is 12.0 Å². The highest BCUT2D eigenvalue weighted by Gasteiger charge is 2.48. The summed E-state index contributed by atoms with van der Waals surface area (Å²) in [6.45, 7) is 1.48. The molecule has 0 saturated carbocycles. The second-order valence-electron chi connectivity index (χ2n) is 2.94. The third-order valence-electron chi connectivity index (χ3n) is 1.62. The molecule has 0 atom stereocenters. The molecule has 0 unspecified atom stereocenters. The highest BCUT2D eigenvalue weighted by molar-refractivity contribution is 7.88. The number of pyridine rings is 1. The number of carbonyl (C=O) groups is 1. The fourth-order valence-corrected chi connectivity index (χ4v) is 1.36. The van der Waals surface area contributed by atoms with E-state index >= 15 is 0 Å². The van der Waals surface area contributed by atoms with Crippen LogP contribution in [0.3, 0.4) is 0 Å². The maximum atomic E-state index is 12.0. The Morgan fingerprint density at radius 2 is 1.94 bits per heavy atom. The summed E-state index contributed by atoms with van der Waals surface area (Å²) in [4.78, 5) is 14.0. The first-order valence-electron chi connectivity index (χ1n) is 4.11. The van der Waals surface area contributed by atoms with E-state index in [1.807, 2.05) is 0 Å². The maximum Gasteiger partial charge on any atom is 0.534 e. The molecule has 1 aromatic heterocycles. The average Bonchev–Trinajstić information content (AvgIpc) is 2.18. The largest absolute Gasteiger partial charge is 0.534 e. The van der Waals surface area contributed by atoms with Crippen LogP contribution in [0.1, 0.15) is 16.2 Å². The molecule has 0 radical (unpaired) electrons. The summed E-state index contributed by atoms with van der Waals surface area (Å²) >= 11 is 0. The van der Waals surface area contributed by atoms with Gasteiger partial charge in [-0.1, -0.05) is 0 Å². The minimum Gasteiger partial charge on any atom is -0.374 e. The number of hydrogen-bond acceptors (Lipinski definition) is 5. The molecule has 0 aliphatic heterocycles. The van der Waals surface area contributed by atoms with Crippen LogP contribution in [0, 0.1) is 6.92 Å². The lowest BCUT2D eigenvalue weighted by Crippen LogP contribution is -2.28. The molecule has 5 nitrogen and oxygen atoms in total. The van der Waals surface area contributed by atoms with Crippen molar-refractivity contribution in [2.75, 3.05) is 0 Å². The maximum absolute atomic E-state index is 12.0. The highest BCUT2D eigenvalue weighted by Crippen LogP contribution is 2.27. The summed E-state index contributed by atoms with van der Waals surface area (Å²) in [5, 5.41) is 0. The van der Waals surface area contributed by atoms with Crippen molar-refractivity contribution in [3.8, 4) is 5.75 Å². The number of alkyl halides is 3. The van der Waals surface area contributed by atoms with Crippen molar-refractivity contribution in [3.63, 3.8) is 0 Å². The molecule has 0 fully saturated rings. The predicted molar refractivity (Wildman–Crippen MR) is 50.0 cm³/mol. The Labute approximate surface area is 94.4 Å². The van der Waals surface area contributed by atoms with Gasteiger partial charge >= 0.3 is 15.6 Å². The van der Waals surface area contributed by atoms with Gasteiger partial charge in [-0.25, -0.2) is 4.98 Å². The van der Waals surface area contributed by atoms with Crippen molar-refractivity contribution >= 4 is 16.4 Å². The summed E-state index contributed by atoms with van der Waals surface area (Å²) in [5.41, 5.74) is -5.74. The van der Waals surface area contributed by atoms with E-state index in [4.69, 9.17) is 0 Å². The molecule has 17 heavy (non-hydrogen) atoms. The first-order valence-corrected chi connectivity index (χ1v) is 5.52. The number of carbonyl (C=O) groups excluding carboxylic acids is 1. The van der Waals surface area contributed by atoms with Crippen LogP contribution in [0.15, 0.2) is 12.1 Å². The van der Waals surface area contributed by atoms with E-state index in [2.05, 4.69) is 9.17 Å². The minimum atomic E-state index is -5.80. The summed E-state index contributed by atoms with van der Waals surface area (Å²) in [7, 11) is -5.80. The van der Waals surface area contributed by atoms with Gasteiger partial charge in [-0.3, -0.25) is 4.79 Å². The van der Waals surface area contributed by atoms with Crippen LogP contribution < -0.4 is 4.18 Å². The van der Waals surface area contributed by atoms with Gasteiger partial charge < -0.3 is 4.18 Å². The number of aldehydes is 1. The SMILES string of the molecule is Cc1ccc(OS(=O)(=O)C(F)(F)F)c(C=O)n1. The molecule has 1 heterocycles. The Bertz CT molecular complexity index is 538. The zero-order chi connectivity index (χ0) is 13.3. The van der Waals surface area contributed by atoms with Crippen LogP contribution in [0.25, 0.3) is 0 Å². The van der Waals surface area contributed by atoms with Gasteiger partial charge in [0.05, 0.1) is 0 Å². The van der Waals surface area contributed by atoms with Crippen LogP contribution >= 0.6 is 0 Å². The molecule has 9 heteroatoms. The fourth-order valence-electron chi connectivity index (χ4n) is 0.884. The van der Waals surface area contributed by atoms with E-state index in [0.29, 0.717) is 5.69 Å². The lowest BCUT2D eigenvalue weighted by atomic mass is 10.3. The molecule has 1 rings (SSSR count). The topological polar surface area (TPSA) is 73.3 Å². The summed E-state index contributed by atoms with van der Waals surface area (Å²) in [6.07, 6.45) is 0.105. The zero-order valence-corrected chi connectivity index (χ0v) is 9.17. The first kappa shape index (κ1) is 13.4. The van der Waals surface area contributed by atoms with E-state index < -0.39 is 27.1 Å². The lowest BCUT2D eigenvalue weighted by Gasteiger charge is -2.10. The molecule has 0 aliphatic rings. The van der Waals surface area contributed by atoms with Gasteiger partial charge in [0.1, 0.15) is 5.69 Å². The number of halogens is 3. The monoisotopic (exact) mass is 269 g/mol. The van der Waals surface area contributed by atoms with E-state index in [0.717, 1.165) is 6.07 Å². The van der Waals surface area contributed by atoms with Crippen molar-refractivity contribution in [3.05, 3.63) is 23.5 Å². The van der Waals surface area contributed by atoms with Gasteiger partial charge in [0, 0.05) is 5.69 Å². The predicted octanol–water partition coefficient (Wildman–Crippen LogP) is 1.43. The third kappa shape index (κ3) is 2.93. The molecule has 0 spiro atoms. The van der Waals surface area contributed by atoms with E-state index in [1.54, 1.807) is 0 Å². The molecule has 0 saturated heterocycles. The van der Waals surface area contributed by atoms with E-state index in [-0.39, 0.29) is 6.29 Å². The Morgan fingerprint density at radius 1 is 1.35 bits per heavy atom. The van der Waals surface area contributed by atoms with Gasteiger partial charge in [-0.15, -0.1) is 0 Å². The van der Waals surface area contributed by atoms with Crippen molar-refractivity contribution in [1.29, 1.82) is 0 Å². The van der Waals surface area contributed by atoms with Crippen LogP contribution in [0.5, 0.6) is 5.75 Å². The quantitative estimate of drug-likeness (QED) is 0.471. The van der Waals surface area contributed by atoms with Crippen molar-refractivity contribution in [1.82, 2.24) is 4.98 Å². The van der Waals surface area contributed by atoms with Crippen molar-refractivity contribution in [2.24, 2.45) is 0 Å². The number of nitrogens with zero attached hydrogens (tertiary/aromatic N) is 1. The van der Waals surface area contributed by atoms with Crippen LogP contribution in [-0.2, 0) is 10.1 Å². The molecular weight excluding hydrogens is 263 g/mol. The smallest absolute Gasteiger partial charge is 0.374 e. The summed E-state index contributed by atoms with van der Waals surface area (Å²) in [5.74, 6) is -0.761. The van der Waals surface area contributed by atoms with Gasteiger partial charge in [-0.2, -0.15) is 21.6 Å². The number of aromatic nitrogens is 1. The molecule has 1 aromatic rings. The number of hydrogen-bond donors (Lipinski definition) is 0. The van der Waals surface area contributed by atoms with Gasteiger partial charge in [0.25, 0.3) is 0 Å². The molecule has 0 N–H and O–H groups in total. The van der Waals surface area contributed by atoms with Crippen molar-refractivity contribution in [2.45, 2.75) is 12.4 Å². The Morgan fingerprint density at radius 3 is 2.41 bits per heavy atom. The second kappa shape index (κ2) is 4.32. The first-order chi connectivity index (χ1) is 7.67. The molecule has 0 aliphatic carbocycles. The summed E-state index contributed by atoms with van der Waals surface area (Å²) in [6, 6.07) is 2.14. The van der Waals surface area contributed by atoms with E-state index in [1.165, 1.54) is 13.0 Å². The van der Waals surface area contributed by atoms with Gasteiger partial charge in [-0.05, 0) is 19.1 Å². The average molecular weight is 269 g/mol. The second-order valence-corrected chi connectivity index (χ2v) is 4.47. The lowest BCUT2D eigenvalue weighted by molar-refractivity contribution is -0.0500. The Kier molecular flexibility index (Phi) is 3.41. The van der Waals surface area contributed by atoms with E-state index in [9.17, 15) is 26.4 Å². The van der Waals surface area contributed by atoms with Crippen LogP contribution in [0.4, 0.5) is 13.2 Å². The Hall–Kier alpha value is -1.64. The molecule has 0 aromatic carbocycles. The summed E-state index contributed by atoms with van der Waals surface area (Å²) < 4.78 is 61.2.